The molecule has 3 heteroatoms. The largest absolute Gasteiger partial charge is 0.333 e. The molecule has 6 rings (SSSR count). The normalized spacial score (nSPS) is 26.0. The molecule has 0 saturated heterocycles. The predicted octanol–water partition coefficient (Wildman–Crippen LogP) is 6.14. The Morgan fingerprint density at radius 2 is 1.44 bits per heavy atom. The fraction of sp³-hybridized carbons (Fsp3) is 0.138. The Labute approximate surface area is 188 Å². The minimum absolute atomic E-state index is 0.100. The van der Waals surface area contributed by atoms with Crippen LogP contribution in [0.15, 0.2) is 126 Å². The van der Waals surface area contributed by atoms with E-state index in [0.717, 1.165) is 33.7 Å². The van der Waals surface area contributed by atoms with Gasteiger partial charge >= 0.3 is 0 Å². The molecule has 0 amide bonds. The zero-order chi connectivity index (χ0) is 21.5. The monoisotopic (exact) mass is 416 g/mol. The Bertz CT molecular complexity index is 1260. The van der Waals surface area contributed by atoms with Crippen LogP contribution in [-0.2, 0) is 4.74 Å². The number of rotatable bonds is 3. The number of benzene rings is 3. The predicted molar refractivity (Wildman–Crippen MR) is 129 cm³/mol. The van der Waals surface area contributed by atoms with Gasteiger partial charge in [0.15, 0.2) is 0 Å². The van der Waals surface area contributed by atoms with Crippen LogP contribution in [-0.4, -0.2) is 22.5 Å². The molecule has 0 bridgehead atoms. The second-order valence-corrected chi connectivity index (χ2v) is 8.36. The summed E-state index contributed by atoms with van der Waals surface area (Å²) in [5.41, 5.74) is 5.80. The average Bonchev–Trinajstić information content (AvgIpc) is 3.41. The van der Waals surface area contributed by atoms with Gasteiger partial charge < -0.3 is 9.64 Å². The van der Waals surface area contributed by atoms with Gasteiger partial charge in [-0.2, -0.15) is 0 Å². The van der Waals surface area contributed by atoms with E-state index < -0.39 is 5.72 Å². The summed E-state index contributed by atoms with van der Waals surface area (Å²) >= 11 is 0. The molecule has 3 nitrogen and oxygen atoms in total. The Morgan fingerprint density at radius 3 is 2.12 bits per heavy atom. The molecule has 0 aliphatic carbocycles. The number of hydrogen-bond donors (Lipinski definition) is 0. The van der Waals surface area contributed by atoms with Crippen LogP contribution in [0.5, 0.6) is 0 Å². The molecule has 3 unspecified atom stereocenters. The van der Waals surface area contributed by atoms with Gasteiger partial charge in [0.25, 0.3) is 0 Å². The zero-order valence-electron chi connectivity index (χ0n) is 17.9. The molecule has 3 heterocycles. The third kappa shape index (κ3) is 2.82. The lowest BCUT2D eigenvalue weighted by Gasteiger charge is -2.43. The van der Waals surface area contributed by atoms with E-state index in [1.54, 1.807) is 0 Å². The van der Waals surface area contributed by atoms with Crippen LogP contribution in [0, 0.1) is 0 Å². The van der Waals surface area contributed by atoms with Gasteiger partial charge in [-0.3, -0.25) is 4.99 Å². The minimum Gasteiger partial charge on any atom is -0.333 e. The lowest BCUT2D eigenvalue weighted by atomic mass is 9.87. The number of nitrogens with zero attached hydrogens (tertiary/aromatic N) is 2. The summed E-state index contributed by atoms with van der Waals surface area (Å²) in [6.07, 6.45) is 8.39. The molecule has 156 valence electrons. The van der Waals surface area contributed by atoms with Gasteiger partial charge in [-0.05, 0) is 36.3 Å². The summed E-state index contributed by atoms with van der Waals surface area (Å²) in [6.45, 7) is 2.14. The van der Waals surface area contributed by atoms with Crippen LogP contribution in [0.2, 0.25) is 0 Å². The van der Waals surface area contributed by atoms with Gasteiger partial charge in [-0.25, -0.2) is 0 Å². The number of fused-ring (bicyclic) bond motifs is 2. The summed E-state index contributed by atoms with van der Waals surface area (Å²) in [7, 11) is 0. The molecule has 1 spiro atoms. The van der Waals surface area contributed by atoms with E-state index in [9.17, 15) is 0 Å². The molecule has 3 aromatic carbocycles. The molecular formula is C29H24N2O. The lowest BCUT2D eigenvalue weighted by molar-refractivity contribution is -0.0609. The second-order valence-electron chi connectivity index (χ2n) is 8.36. The standard InChI is InChI=1S/C29H24N2O/c1-21-12-11-19-27-30-28(24-17-9-4-10-18-24)29(31(21)27)25(22-13-5-2-6-14-22)20-26(32-29)23-15-7-3-8-16-23/h2-20,26-27H,1H3. The maximum atomic E-state index is 7.10. The smallest absolute Gasteiger partial charge is 0.214 e. The van der Waals surface area contributed by atoms with Crippen LogP contribution in [0.25, 0.3) is 5.57 Å². The van der Waals surface area contributed by atoms with Gasteiger partial charge in [0.2, 0.25) is 5.72 Å². The quantitative estimate of drug-likeness (QED) is 0.512. The van der Waals surface area contributed by atoms with E-state index in [4.69, 9.17) is 9.73 Å². The first-order chi connectivity index (χ1) is 15.8. The van der Waals surface area contributed by atoms with Crippen molar-refractivity contribution in [1.82, 2.24) is 4.90 Å². The van der Waals surface area contributed by atoms with Gasteiger partial charge in [0.1, 0.15) is 18.0 Å². The SMILES string of the molecule is CC1=CC=CC2N=C(c3ccccc3)C3(OC(c4ccccc4)C=C3c3ccccc3)N12. The average molecular weight is 417 g/mol. The lowest BCUT2D eigenvalue weighted by Crippen LogP contribution is -2.53. The Morgan fingerprint density at radius 1 is 0.812 bits per heavy atom. The topological polar surface area (TPSA) is 24.8 Å². The molecule has 32 heavy (non-hydrogen) atoms. The molecule has 3 aliphatic heterocycles. The zero-order valence-corrected chi connectivity index (χ0v) is 17.9. The van der Waals surface area contributed by atoms with Gasteiger partial charge in [0, 0.05) is 16.8 Å². The van der Waals surface area contributed by atoms with Crippen molar-refractivity contribution in [1.29, 1.82) is 0 Å². The highest BCUT2D eigenvalue weighted by atomic mass is 16.5. The maximum Gasteiger partial charge on any atom is 0.214 e. The first-order valence-corrected chi connectivity index (χ1v) is 11.1. The first kappa shape index (κ1) is 19.0. The number of ether oxygens (including phenoxy) is 1. The first-order valence-electron chi connectivity index (χ1n) is 11.1. The molecule has 0 aromatic heterocycles. The van der Waals surface area contributed by atoms with E-state index in [1.807, 2.05) is 12.1 Å². The second kappa shape index (κ2) is 7.47. The van der Waals surface area contributed by atoms with Crippen molar-refractivity contribution in [3.63, 3.8) is 0 Å². The summed E-state index contributed by atoms with van der Waals surface area (Å²) < 4.78 is 7.10. The fourth-order valence-corrected chi connectivity index (χ4v) is 5.04. The molecule has 3 atom stereocenters. The van der Waals surface area contributed by atoms with Gasteiger partial charge in [-0.15, -0.1) is 0 Å². The number of allylic oxidation sites excluding steroid dienone is 3. The molecule has 3 aromatic rings. The maximum absolute atomic E-state index is 7.10. The van der Waals surface area contributed by atoms with Crippen LogP contribution in [0.1, 0.15) is 29.7 Å². The van der Waals surface area contributed by atoms with Crippen molar-refractivity contribution >= 4 is 11.3 Å². The Hall–Kier alpha value is -3.69. The van der Waals surface area contributed by atoms with E-state index in [2.05, 4.69) is 115 Å². The van der Waals surface area contributed by atoms with Crippen molar-refractivity contribution in [2.24, 2.45) is 4.99 Å². The van der Waals surface area contributed by atoms with Crippen LogP contribution in [0.4, 0.5) is 0 Å². The van der Waals surface area contributed by atoms with Crippen LogP contribution >= 0.6 is 0 Å². The third-order valence-corrected chi connectivity index (χ3v) is 6.43. The molecule has 3 aliphatic rings. The van der Waals surface area contributed by atoms with E-state index >= 15 is 0 Å². The van der Waals surface area contributed by atoms with Crippen LogP contribution < -0.4 is 0 Å². The van der Waals surface area contributed by atoms with Gasteiger partial charge in [0.05, 0.1) is 0 Å². The van der Waals surface area contributed by atoms with Crippen molar-refractivity contribution in [2.45, 2.75) is 24.9 Å². The Balaban J connectivity index is 1.60. The highest BCUT2D eigenvalue weighted by Crippen LogP contribution is 2.52. The molecule has 0 N–H and O–H groups in total. The van der Waals surface area contributed by atoms with Crippen molar-refractivity contribution < 1.29 is 4.74 Å². The fourth-order valence-electron chi connectivity index (χ4n) is 5.04. The van der Waals surface area contributed by atoms with E-state index in [0.29, 0.717) is 0 Å². The Kier molecular flexibility index (Phi) is 4.44. The minimum atomic E-state index is -0.806. The van der Waals surface area contributed by atoms with Crippen molar-refractivity contribution in [3.05, 3.63) is 138 Å². The summed E-state index contributed by atoms with van der Waals surface area (Å²) in [4.78, 5) is 7.55. The third-order valence-electron chi connectivity index (χ3n) is 6.43. The van der Waals surface area contributed by atoms with E-state index in [1.165, 1.54) is 0 Å². The molecule has 0 fully saturated rings. The number of aliphatic imine (C=N–C) groups is 1. The summed E-state index contributed by atoms with van der Waals surface area (Å²) in [6, 6.07) is 31.4. The van der Waals surface area contributed by atoms with Gasteiger partial charge in [-0.1, -0.05) is 97.1 Å². The molecule has 0 saturated carbocycles. The molecular weight excluding hydrogens is 392 g/mol. The van der Waals surface area contributed by atoms with E-state index in [-0.39, 0.29) is 12.3 Å². The highest BCUT2D eigenvalue weighted by molar-refractivity contribution is 6.16. The van der Waals surface area contributed by atoms with Crippen molar-refractivity contribution in [2.75, 3.05) is 0 Å². The summed E-state index contributed by atoms with van der Waals surface area (Å²) in [5, 5.41) is 0. The van der Waals surface area contributed by atoms with Crippen molar-refractivity contribution in [3.8, 4) is 0 Å². The highest BCUT2D eigenvalue weighted by Gasteiger charge is 2.58. The summed E-state index contributed by atoms with van der Waals surface area (Å²) in [5.74, 6) is 0. The molecule has 0 radical (unpaired) electrons. The number of hydrogen-bond acceptors (Lipinski definition) is 3. The van der Waals surface area contributed by atoms with Crippen LogP contribution in [0.3, 0.4) is 0 Å².